The maximum Gasteiger partial charge on any atom is 0.282 e. The molecule has 0 aliphatic carbocycles. The summed E-state index contributed by atoms with van der Waals surface area (Å²) in [6.45, 7) is 6.85. The van der Waals surface area contributed by atoms with Crippen molar-refractivity contribution >= 4 is 16.1 Å². The minimum absolute atomic E-state index is 0.0252. The van der Waals surface area contributed by atoms with E-state index in [9.17, 15) is 13.2 Å². The second-order valence-electron chi connectivity index (χ2n) is 8.08. The van der Waals surface area contributed by atoms with Gasteiger partial charge in [0.25, 0.3) is 16.1 Å². The van der Waals surface area contributed by atoms with Crippen LogP contribution in [0, 0.1) is 0 Å². The summed E-state index contributed by atoms with van der Waals surface area (Å²) in [5, 5.41) is 0. The molecule has 0 bridgehead atoms. The van der Waals surface area contributed by atoms with Gasteiger partial charge in [0.1, 0.15) is 5.75 Å². The second-order valence-corrected chi connectivity index (χ2v) is 10.0. The van der Waals surface area contributed by atoms with Gasteiger partial charge in [-0.3, -0.25) is 4.79 Å². The molecule has 8 heteroatoms. The normalized spacial score (nSPS) is 19.9. The van der Waals surface area contributed by atoms with E-state index in [0.29, 0.717) is 45.2 Å². The van der Waals surface area contributed by atoms with Gasteiger partial charge in [-0.05, 0) is 30.4 Å². The molecule has 2 aliphatic rings. The number of rotatable bonds is 6. The van der Waals surface area contributed by atoms with Crippen molar-refractivity contribution in [1.29, 1.82) is 0 Å². The largest absolute Gasteiger partial charge is 0.483 e. The highest BCUT2D eigenvalue weighted by molar-refractivity contribution is 7.86. The third-order valence-electron chi connectivity index (χ3n) is 5.70. The van der Waals surface area contributed by atoms with Crippen molar-refractivity contribution in [1.82, 2.24) is 13.5 Å². The summed E-state index contributed by atoms with van der Waals surface area (Å²) in [5.41, 5.74) is 1.08. The molecule has 2 heterocycles. The molecule has 0 saturated carbocycles. The zero-order valence-corrected chi connectivity index (χ0v) is 18.4. The van der Waals surface area contributed by atoms with E-state index in [2.05, 4.69) is 13.8 Å². The maximum atomic E-state index is 12.9. The Morgan fingerprint density at radius 2 is 1.52 bits per heavy atom. The molecule has 1 amide bonds. The first-order valence-electron chi connectivity index (χ1n) is 10.6. The fraction of sp³-hybridized carbons (Fsp3) is 0.667. The molecule has 3 rings (SSSR count). The van der Waals surface area contributed by atoms with Gasteiger partial charge in [-0.2, -0.15) is 17.0 Å². The van der Waals surface area contributed by atoms with Crippen molar-refractivity contribution in [2.24, 2.45) is 0 Å². The molecule has 1 aromatic carbocycles. The molecule has 0 unspecified atom stereocenters. The molecule has 2 fully saturated rings. The van der Waals surface area contributed by atoms with Gasteiger partial charge in [0.2, 0.25) is 0 Å². The molecule has 0 aromatic heterocycles. The average molecular weight is 424 g/mol. The van der Waals surface area contributed by atoms with Crippen molar-refractivity contribution in [3.8, 4) is 5.75 Å². The molecule has 0 spiro atoms. The molecular weight excluding hydrogens is 390 g/mol. The number of nitrogens with zero attached hydrogens (tertiary/aromatic N) is 3. The fourth-order valence-electron chi connectivity index (χ4n) is 3.92. The number of hydrogen-bond donors (Lipinski definition) is 0. The van der Waals surface area contributed by atoms with E-state index < -0.39 is 10.2 Å². The second kappa shape index (κ2) is 9.91. The van der Waals surface area contributed by atoms with Crippen LogP contribution in [0.3, 0.4) is 0 Å². The Morgan fingerprint density at radius 3 is 2.14 bits per heavy atom. The highest BCUT2D eigenvalue weighted by atomic mass is 32.2. The Labute approximate surface area is 174 Å². The number of para-hydroxylation sites is 1. The Balaban J connectivity index is 1.52. The maximum absolute atomic E-state index is 12.9. The molecule has 162 valence electrons. The van der Waals surface area contributed by atoms with Crippen molar-refractivity contribution in [2.45, 2.75) is 45.4 Å². The molecule has 1 aromatic rings. The quantitative estimate of drug-likeness (QED) is 0.705. The van der Waals surface area contributed by atoms with Crippen LogP contribution in [0.4, 0.5) is 0 Å². The topological polar surface area (TPSA) is 70.2 Å². The van der Waals surface area contributed by atoms with Gasteiger partial charge in [0, 0.05) is 39.3 Å². The van der Waals surface area contributed by atoms with E-state index in [1.165, 1.54) is 4.31 Å². The molecule has 0 atom stereocenters. The zero-order valence-electron chi connectivity index (χ0n) is 17.5. The molecule has 2 saturated heterocycles. The van der Waals surface area contributed by atoms with Crippen molar-refractivity contribution in [3.63, 3.8) is 0 Å². The first-order chi connectivity index (χ1) is 13.9. The summed E-state index contributed by atoms with van der Waals surface area (Å²) in [6, 6.07) is 7.76. The predicted octanol–water partition coefficient (Wildman–Crippen LogP) is 2.45. The van der Waals surface area contributed by atoms with E-state index in [-0.39, 0.29) is 12.5 Å². The number of piperazine rings is 1. The van der Waals surface area contributed by atoms with Crippen LogP contribution in [0.1, 0.15) is 51.0 Å². The highest BCUT2D eigenvalue weighted by Crippen LogP contribution is 2.26. The van der Waals surface area contributed by atoms with Crippen LogP contribution in [0.25, 0.3) is 0 Å². The molecule has 0 N–H and O–H groups in total. The van der Waals surface area contributed by atoms with E-state index >= 15 is 0 Å². The lowest BCUT2D eigenvalue weighted by Crippen LogP contribution is -2.55. The lowest BCUT2D eigenvalue weighted by molar-refractivity contribution is -0.134. The van der Waals surface area contributed by atoms with Crippen LogP contribution < -0.4 is 4.74 Å². The molecule has 7 nitrogen and oxygen atoms in total. The van der Waals surface area contributed by atoms with Gasteiger partial charge in [0.15, 0.2) is 6.61 Å². The minimum atomic E-state index is -3.43. The first-order valence-corrected chi connectivity index (χ1v) is 12.0. The van der Waals surface area contributed by atoms with E-state index in [1.54, 1.807) is 9.21 Å². The van der Waals surface area contributed by atoms with E-state index in [1.807, 2.05) is 24.3 Å². The number of amides is 1. The third kappa shape index (κ3) is 5.49. The van der Waals surface area contributed by atoms with E-state index in [4.69, 9.17) is 4.74 Å². The van der Waals surface area contributed by atoms with E-state index in [0.717, 1.165) is 37.0 Å². The first kappa shape index (κ1) is 22.1. The number of benzene rings is 1. The van der Waals surface area contributed by atoms with Gasteiger partial charge in [-0.15, -0.1) is 0 Å². The summed E-state index contributed by atoms with van der Waals surface area (Å²) in [7, 11) is -3.43. The minimum Gasteiger partial charge on any atom is -0.483 e. The summed E-state index contributed by atoms with van der Waals surface area (Å²) >= 11 is 0. The monoisotopic (exact) mass is 423 g/mol. The van der Waals surface area contributed by atoms with Crippen molar-refractivity contribution < 1.29 is 17.9 Å². The van der Waals surface area contributed by atoms with Gasteiger partial charge in [-0.25, -0.2) is 0 Å². The van der Waals surface area contributed by atoms with Gasteiger partial charge in [-0.1, -0.05) is 44.9 Å². The Morgan fingerprint density at radius 1 is 0.931 bits per heavy atom. The standard InChI is InChI=1S/C21H33N3O4S/c1-18(2)19-9-5-6-10-20(19)28-17-21(25)22-13-15-24(16-14-22)29(26,27)23-11-7-3-4-8-12-23/h5-6,9-10,18H,3-4,7-8,11-17H2,1-2H3. The Hall–Kier alpha value is -1.64. The number of carbonyl (C=O) groups excluding carboxylic acids is 1. The van der Waals surface area contributed by atoms with Gasteiger partial charge in [0.05, 0.1) is 0 Å². The number of hydrogen-bond acceptors (Lipinski definition) is 4. The van der Waals surface area contributed by atoms with Gasteiger partial charge >= 0.3 is 0 Å². The fourth-order valence-corrected chi connectivity index (χ4v) is 5.59. The molecule has 0 radical (unpaired) electrons. The predicted molar refractivity (Wildman–Crippen MR) is 113 cm³/mol. The average Bonchev–Trinajstić information content (AvgIpc) is 3.02. The van der Waals surface area contributed by atoms with Gasteiger partial charge < -0.3 is 9.64 Å². The molecule has 2 aliphatic heterocycles. The van der Waals surface area contributed by atoms with Crippen LogP contribution in [0.5, 0.6) is 5.75 Å². The molecule has 29 heavy (non-hydrogen) atoms. The van der Waals surface area contributed by atoms with Crippen molar-refractivity contribution in [3.05, 3.63) is 29.8 Å². The van der Waals surface area contributed by atoms with Crippen LogP contribution in [0.15, 0.2) is 24.3 Å². The van der Waals surface area contributed by atoms with Crippen LogP contribution in [0.2, 0.25) is 0 Å². The SMILES string of the molecule is CC(C)c1ccccc1OCC(=O)N1CCN(S(=O)(=O)N2CCCCCC2)CC1. The Bertz CT molecular complexity index is 781. The smallest absolute Gasteiger partial charge is 0.282 e. The Kier molecular flexibility index (Phi) is 7.54. The lowest BCUT2D eigenvalue weighted by atomic mass is 10.0. The zero-order chi connectivity index (χ0) is 20.9. The summed E-state index contributed by atoms with van der Waals surface area (Å²) in [4.78, 5) is 14.3. The van der Waals surface area contributed by atoms with Crippen LogP contribution in [-0.4, -0.2) is 73.7 Å². The van der Waals surface area contributed by atoms with Crippen LogP contribution >= 0.6 is 0 Å². The summed E-state index contributed by atoms with van der Waals surface area (Å²) in [5.74, 6) is 0.947. The number of ether oxygens (including phenoxy) is 1. The molecular formula is C21H33N3O4S. The summed E-state index contributed by atoms with van der Waals surface area (Å²) < 4.78 is 34.7. The highest BCUT2D eigenvalue weighted by Gasteiger charge is 2.33. The van der Waals surface area contributed by atoms with Crippen LogP contribution in [-0.2, 0) is 15.0 Å². The summed E-state index contributed by atoms with van der Waals surface area (Å²) in [6.07, 6.45) is 4.03. The lowest BCUT2D eigenvalue weighted by Gasteiger charge is -2.36. The number of carbonyl (C=O) groups is 1. The third-order valence-corrected chi connectivity index (χ3v) is 7.74. The van der Waals surface area contributed by atoms with Crippen molar-refractivity contribution in [2.75, 3.05) is 45.9 Å².